The van der Waals surface area contributed by atoms with E-state index in [4.69, 9.17) is 16.3 Å². The second kappa shape index (κ2) is 9.25. The fourth-order valence-electron chi connectivity index (χ4n) is 2.16. The van der Waals surface area contributed by atoms with Gasteiger partial charge in [-0.3, -0.25) is 9.89 Å². The molecule has 9 heteroatoms. The number of rotatable bonds is 7. The van der Waals surface area contributed by atoms with Gasteiger partial charge in [0.25, 0.3) is 0 Å². The van der Waals surface area contributed by atoms with Crippen molar-refractivity contribution in [2.75, 3.05) is 11.1 Å². The molecule has 140 valence electrons. The molecule has 0 saturated carbocycles. The number of anilines is 1. The van der Waals surface area contributed by atoms with Crippen LogP contribution in [0.25, 0.3) is 0 Å². The smallest absolute Gasteiger partial charge is 0.234 e. The second-order valence-electron chi connectivity index (χ2n) is 5.64. The van der Waals surface area contributed by atoms with E-state index in [1.54, 1.807) is 18.2 Å². The Bertz CT molecular complexity index is 951. The van der Waals surface area contributed by atoms with Gasteiger partial charge in [0, 0.05) is 10.2 Å². The number of hydrogen-bond acceptors (Lipinski definition) is 5. The number of carbonyl (C=O) groups excluding carboxylic acids is 1. The maximum Gasteiger partial charge on any atom is 0.234 e. The number of carbonyl (C=O) groups is 1. The second-order valence-corrected chi connectivity index (χ2v) is 7.84. The number of aryl methyl sites for hydroxylation is 1. The predicted molar refractivity (Wildman–Crippen MR) is 110 cm³/mol. The maximum atomic E-state index is 12.1. The molecule has 0 saturated heterocycles. The van der Waals surface area contributed by atoms with E-state index in [1.807, 2.05) is 31.2 Å². The van der Waals surface area contributed by atoms with Gasteiger partial charge >= 0.3 is 0 Å². The number of nitrogens with zero attached hydrogens (tertiary/aromatic N) is 2. The van der Waals surface area contributed by atoms with E-state index >= 15 is 0 Å². The van der Waals surface area contributed by atoms with Gasteiger partial charge in [0.15, 0.2) is 5.82 Å². The number of aromatic nitrogens is 3. The Kier molecular flexibility index (Phi) is 6.76. The number of benzene rings is 2. The molecule has 1 aromatic heterocycles. The summed E-state index contributed by atoms with van der Waals surface area (Å²) in [6.45, 7) is 2.28. The van der Waals surface area contributed by atoms with Crippen LogP contribution in [0, 0.1) is 6.92 Å². The first kappa shape index (κ1) is 19.7. The summed E-state index contributed by atoms with van der Waals surface area (Å²) in [4.78, 5) is 16.4. The molecule has 27 heavy (non-hydrogen) atoms. The third kappa shape index (κ3) is 5.98. The summed E-state index contributed by atoms with van der Waals surface area (Å²) in [6, 6.07) is 13.0. The van der Waals surface area contributed by atoms with Crippen LogP contribution in [0.15, 0.2) is 52.1 Å². The Morgan fingerprint density at radius 2 is 2.19 bits per heavy atom. The van der Waals surface area contributed by atoms with Crippen molar-refractivity contribution in [3.63, 3.8) is 0 Å². The molecule has 1 amide bonds. The van der Waals surface area contributed by atoms with Gasteiger partial charge in [-0.05, 0) is 58.7 Å². The molecule has 0 spiro atoms. The van der Waals surface area contributed by atoms with E-state index in [0.29, 0.717) is 21.7 Å². The molecular weight excluding hydrogens is 452 g/mol. The molecule has 0 atom stereocenters. The molecule has 1 heterocycles. The number of halogens is 2. The number of aromatic amines is 1. The van der Waals surface area contributed by atoms with Crippen LogP contribution in [0.1, 0.15) is 11.4 Å². The highest BCUT2D eigenvalue weighted by molar-refractivity contribution is 9.10. The minimum absolute atomic E-state index is 0.166. The number of H-pyrrole nitrogens is 1. The third-order valence-electron chi connectivity index (χ3n) is 3.41. The van der Waals surface area contributed by atoms with Crippen molar-refractivity contribution in [2.24, 2.45) is 0 Å². The Hall–Kier alpha value is -2.03. The Morgan fingerprint density at radius 1 is 1.33 bits per heavy atom. The molecule has 0 bridgehead atoms. The fraction of sp³-hybridized carbons (Fsp3) is 0.167. The van der Waals surface area contributed by atoms with Crippen molar-refractivity contribution < 1.29 is 9.53 Å². The number of hydrogen-bond donors (Lipinski definition) is 2. The topological polar surface area (TPSA) is 79.9 Å². The SMILES string of the molecule is Cc1cccc(OCc2nc(SCC(=O)Nc3ccc(Br)c(Cl)c3)n[nH]2)c1. The van der Waals surface area contributed by atoms with Crippen molar-refractivity contribution in [1.82, 2.24) is 15.2 Å². The molecular formula is C18H16BrClN4O2S. The van der Waals surface area contributed by atoms with Crippen LogP contribution >= 0.6 is 39.3 Å². The standard InChI is InChI=1S/C18H16BrClN4O2S/c1-11-3-2-4-13(7-11)26-9-16-22-18(24-23-16)27-10-17(25)21-12-5-6-14(19)15(20)8-12/h2-8H,9-10H2,1H3,(H,21,25)(H,22,23,24). The van der Waals surface area contributed by atoms with E-state index in [-0.39, 0.29) is 18.3 Å². The summed E-state index contributed by atoms with van der Waals surface area (Å²) < 4.78 is 6.45. The highest BCUT2D eigenvalue weighted by Gasteiger charge is 2.09. The van der Waals surface area contributed by atoms with Gasteiger partial charge in [-0.15, -0.1) is 5.10 Å². The molecule has 0 radical (unpaired) electrons. The Balaban J connectivity index is 1.47. The molecule has 6 nitrogen and oxygen atoms in total. The largest absolute Gasteiger partial charge is 0.486 e. The zero-order valence-electron chi connectivity index (χ0n) is 14.3. The first-order valence-electron chi connectivity index (χ1n) is 7.98. The third-order valence-corrected chi connectivity index (χ3v) is 5.49. The molecule has 3 aromatic rings. The molecule has 0 aliphatic rings. The van der Waals surface area contributed by atoms with Crippen molar-refractivity contribution >= 4 is 50.9 Å². The van der Waals surface area contributed by atoms with Crippen molar-refractivity contribution in [1.29, 1.82) is 0 Å². The molecule has 2 aromatic carbocycles. The monoisotopic (exact) mass is 466 g/mol. The van der Waals surface area contributed by atoms with Crippen LogP contribution in [0.5, 0.6) is 5.75 Å². The lowest BCUT2D eigenvalue weighted by atomic mass is 10.2. The number of ether oxygens (including phenoxy) is 1. The van der Waals surface area contributed by atoms with Crippen LogP contribution in [0.3, 0.4) is 0 Å². The van der Waals surface area contributed by atoms with Crippen molar-refractivity contribution in [3.05, 3.63) is 63.3 Å². The number of amides is 1. The molecule has 3 rings (SSSR count). The van der Waals surface area contributed by atoms with Crippen LogP contribution in [0.4, 0.5) is 5.69 Å². The average Bonchev–Trinajstić information content (AvgIpc) is 3.09. The van der Waals surface area contributed by atoms with E-state index < -0.39 is 0 Å². The summed E-state index contributed by atoms with van der Waals surface area (Å²) in [5.74, 6) is 1.39. The lowest BCUT2D eigenvalue weighted by molar-refractivity contribution is -0.113. The predicted octanol–water partition coefficient (Wildman–Crippen LogP) is 4.84. The van der Waals surface area contributed by atoms with Crippen LogP contribution < -0.4 is 10.1 Å². The summed E-state index contributed by atoms with van der Waals surface area (Å²) in [5, 5.41) is 10.7. The zero-order valence-corrected chi connectivity index (χ0v) is 17.5. The van der Waals surface area contributed by atoms with Crippen LogP contribution in [-0.4, -0.2) is 26.8 Å². The van der Waals surface area contributed by atoms with Gasteiger partial charge in [-0.2, -0.15) is 0 Å². The fourth-order valence-corrected chi connectivity index (χ4v) is 3.21. The maximum absolute atomic E-state index is 12.1. The van der Waals surface area contributed by atoms with Crippen LogP contribution in [0.2, 0.25) is 5.02 Å². The highest BCUT2D eigenvalue weighted by atomic mass is 79.9. The molecule has 2 N–H and O–H groups in total. The zero-order chi connectivity index (χ0) is 19.2. The summed E-state index contributed by atoms with van der Waals surface area (Å²) >= 11 is 10.6. The number of thioether (sulfide) groups is 1. The van der Waals surface area contributed by atoms with Gasteiger partial charge in [0.2, 0.25) is 11.1 Å². The average molecular weight is 468 g/mol. The first-order chi connectivity index (χ1) is 13.0. The van der Waals surface area contributed by atoms with E-state index in [9.17, 15) is 4.79 Å². The van der Waals surface area contributed by atoms with E-state index in [2.05, 4.69) is 36.4 Å². The summed E-state index contributed by atoms with van der Waals surface area (Å²) in [5.41, 5.74) is 1.76. The van der Waals surface area contributed by atoms with Gasteiger partial charge in [-0.1, -0.05) is 35.5 Å². The first-order valence-corrected chi connectivity index (χ1v) is 10.1. The Labute approximate surface area is 174 Å². The summed E-state index contributed by atoms with van der Waals surface area (Å²) in [6.07, 6.45) is 0. The van der Waals surface area contributed by atoms with Gasteiger partial charge in [0.05, 0.1) is 10.8 Å². The minimum atomic E-state index is -0.166. The quantitative estimate of drug-likeness (QED) is 0.486. The number of nitrogens with one attached hydrogen (secondary N) is 2. The molecule has 0 unspecified atom stereocenters. The normalized spacial score (nSPS) is 10.6. The van der Waals surface area contributed by atoms with E-state index in [1.165, 1.54) is 11.8 Å². The van der Waals surface area contributed by atoms with Gasteiger partial charge in [-0.25, -0.2) is 4.98 Å². The van der Waals surface area contributed by atoms with Gasteiger partial charge in [0.1, 0.15) is 12.4 Å². The Morgan fingerprint density at radius 3 is 2.96 bits per heavy atom. The summed E-state index contributed by atoms with van der Waals surface area (Å²) in [7, 11) is 0. The van der Waals surface area contributed by atoms with E-state index in [0.717, 1.165) is 15.8 Å². The molecule has 0 aliphatic heterocycles. The minimum Gasteiger partial charge on any atom is -0.486 e. The van der Waals surface area contributed by atoms with Gasteiger partial charge < -0.3 is 10.1 Å². The molecule has 0 aliphatic carbocycles. The van der Waals surface area contributed by atoms with Crippen LogP contribution in [-0.2, 0) is 11.4 Å². The lowest BCUT2D eigenvalue weighted by Crippen LogP contribution is -2.14. The molecule has 0 fully saturated rings. The van der Waals surface area contributed by atoms with Crippen molar-refractivity contribution in [2.45, 2.75) is 18.7 Å². The lowest BCUT2D eigenvalue weighted by Gasteiger charge is -2.05. The highest BCUT2D eigenvalue weighted by Crippen LogP contribution is 2.25. The van der Waals surface area contributed by atoms with Crippen molar-refractivity contribution in [3.8, 4) is 5.75 Å².